The van der Waals surface area contributed by atoms with Crippen molar-refractivity contribution in [3.63, 3.8) is 0 Å². The van der Waals surface area contributed by atoms with Crippen LogP contribution in [0, 0.1) is 0 Å². The van der Waals surface area contributed by atoms with E-state index in [0.29, 0.717) is 0 Å². The van der Waals surface area contributed by atoms with Crippen molar-refractivity contribution in [2.45, 2.75) is 18.9 Å². The van der Waals surface area contributed by atoms with Crippen molar-refractivity contribution in [1.29, 1.82) is 0 Å². The van der Waals surface area contributed by atoms with Gasteiger partial charge < -0.3 is 15.2 Å². The second kappa shape index (κ2) is 6.22. The van der Waals surface area contributed by atoms with Crippen molar-refractivity contribution in [1.82, 2.24) is 5.32 Å². The molecule has 0 aromatic heterocycles. The van der Waals surface area contributed by atoms with Gasteiger partial charge in [0.15, 0.2) is 0 Å². The first-order valence-corrected chi connectivity index (χ1v) is 3.75. The number of rotatable bonds is 5. The lowest BCUT2D eigenvalue weighted by Crippen LogP contribution is -2.40. The van der Waals surface area contributed by atoms with Crippen molar-refractivity contribution in [2.75, 3.05) is 13.8 Å². The summed E-state index contributed by atoms with van der Waals surface area (Å²) in [5, 5.41) is 10.6. The molecule has 0 aromatic rings. The van der Waals surface area contributed by atoms with E-state index in [4.69, 9.17) is 5.11 Å². The lowest BCUT2D eigenvalue weighted by atomic mass is 10.2. The van der Waals surface area contributed by atoms with Crippen LogP contribution in [0.2, 0.25) is 0 Å². The van der Waals surface area contributed by atoms with Crippen LogP contribution in [0.15, 0.2) is 0 Å². The highest BCUT2D eigenvalue weighted by Gasteiger charge is 2.19. The molecule has 0 saturated heterocycles. The van der Waals surface area contributed by atoms with Crippen LogP contribution in [0.25, 0.3) is 0 Å². The zero-order chi connectivity index (χ0) is 10.3. The van der Waals surface area contributed by atoms with Crippen LogP contribution in [-0.2, 0) is 9.53 Å². The summed E-state index contributed by atoms with van der Waals surface area (Å²) in [6.45, 7) is -0.605. The molecule has 0 aliphatic heterocycles. The van der Waals surface area contributed by atoms with Crippen LogP contribution in [0.3, 0.4) is 0 Å². The van der Waals surface area contributed by atoms with Gasteiger partial charge in [-0.3, -0.25) is 4.39 Å². The number of alkyl halides is 1. The van der Waals surface area contributed by atoms with Gasteiger partial charge in [0.05, 0.1) is 13.8 Å². The quantitative estimate of drug-likeness (QED) is 0.668. The second-order valence-corrected chi connectivity index (χ2v) is 2.36. The van der Waals surface area contributed by atoms with Gasteiger partial charge >= 0.3 is 12.1 Å². The molecule has 0 radical (unpaired) electrons. The third kappa shape index (κ3) is 5.00. The van der Waals surface area contributed by atoms with Gasteiger partial charge in [-0.2, -0.15) is 0 Å². The van der Waals surface area contributed by atoms with Gasteiger partial charge in [0.2, 0.25) is 0 Å². The molecule has 0 spiro atoms. The number of carbonyl (C=O) groups excluding carboxylic acids is 1. The first kappa shape index (κ1) is 11.7. The largest absolute Gasteiger partial charge is 0.480 e. The number of alkyl carbamates (subject to hydrolysis) is 1. The fourth-order valence-electron chi connectivity index (χ4n) is 0.740. The first-order chi connectivity index (χ1) is 6.11. The van der Waals surface area contributed by atoms with E-state index in [1.54, 1.807) is 0 Å². The molecule has 1 amide bonds. The molecule has 0 bridgehead atoms. The average Bonchev–Trinajstić information content (AvgIpc) is 2.11. The highest BCUT2D eigenvalue weighted by molar-refractivity contribution is 5.79. The molecule has 0 aliphatic carbocycles. The van der Waals surface area contributed by atoms with Crippen LogP contribution >= 0.6 is 0 Å². The van der Waals surface area contributed by atoms with Crippen LogP contribution in [0.5, 0.6) is 0 Å². The SMILES string of the molecule is COC(=O)NC(CCCF)C(=O)O. The summed E-state index contributed by atoms with van der Waals surface area (Å²) in [5.74, 6) is -1.20. The summed E-state index contributed by atoms with van der Waals surface area (Å²) >= 11 is 0. The molecule has 0 heterocycles. The molecule has 0 rings (SSSR count). The monoisotopic (exact) mass is 193 g/mol. The number of carboxylic acid groups (broad SMARTS) is 1. The minimum atomic E-state index is -1.20. The Bertz CT molecular complexity index is 185. The normalized spacial score (nSPS) is 11.8. The van der Waals surface area contributed by atoms with Crippen LogP contribution in [-0.4, -0.2) is 37.0 Å². The Balaban J connectivity index is 3.94. The lowest BCUT2D eigenvalue weighted by Gasteiger charge is -2.11. The minimum absolute atomic E-state index is 0.0565. The highest BCUT2D eigenvalue weighted by Crippen LogP contribution is 1.98. The van der Waals surface area contributed by atoms with Crippen molar-refractivity contribution < 1.29 is 23.8 Å². The summed E-state index contributed by atoms with van der Waals surface area (Å²) in [4.78, 5) is 21.1. The maximum absolute atomic E-state index is 11.7. The van der Waals surface area contributed by atoms with Crippen LogP contribution in [0.1, 0.15) is 12.8 Å². The van der Waals surface area contributed by atoms with E-state index in [1.165, 1.54) is 0 Å². The van der Waals surface area contributed by atoms with Gasteiger partial charge in [0.25, 0.3) is 0 Å². The Morgan fingerprint density at radius 3 is 2.62 bits per heavy atom. The first-order valence-electron chi connectivity index (χ1n) is 3.75. The van der Waals surface area contributed by atoms with E-state index in [9.17, 15) is 14.0 Å². The van der Waals surface area contributed by atoms with E-state index in [2.05, 4.69) is 10.1 Å². The van der Waals surface area contributed by atoms with Crippen molar-refractivity contribution in [3.05, 3.63) is 0 Å². The average molecular weight is 193 g/mol. The number of hydrogen-bond acceptors (Lipinski definition) is 3. The number of aliphatic carboxylic acids is 1. The molecular formula is C7H12FNO4. The van der Waals surface area contributed by atoms with E-state index in [1.807, 2.05) is 0 Å². The lowest BCUT2D eigenvalue weighted by molar-refractivity contribution is -0.139. The zero-order valence-electron chi connectivity index (χ0n) is 7.25. The van der Waals surface area contributed by atoms with Gasteiger partial charge in [-0.05, 0) is 12.8 Å². The Labute approximate surface area is 74.9 Å². The molecule has 6 heteroatoms. The zero-order valence-corrected chi connectivity index (χ0v) is 7.25. The number of ether oxygens (including phenoxy) is 1. The highest BCUT2D eigenvalue weighted by atomic mass is 19.1. The number of carboxylic acids is 1. The number of hydrogen-bond donors (Lipinski definition) is 2. The summed E-state index contributed by atoms with van der Waals surface area (Å²) in [6, 6.07) is -1.08. The van der Waals surface area contributed by atoms with E-state index in [0.717, 1.165) is 7.11 Å². The predicted molar refractivity (Wildman–Crippen MR) is 42.2 cm³/mol. The number of carbonyl (C=O) groups is 2. The Morgan fingerprint density at radius 2 is 2.23 bits per heavy atom. The van der Waals surface area contributed by atoms with Crippen molar-refractivity contribution in [3.8, 4) is 0 Å². The molecule has 0 aliphatic rings. The van der Waals surface area contributed by atoms with Crippen molar-refractivity contribution in [2.24, 2.45) is 0 Å². The molecule has 5 nitrogen and oxygen atoms in total. The fraction of sp³-hybridized carbons (Fsp3) is 0.714. The number of methoxy groups -OCH3 is 1. The molecule has 1 atom stereocenters. The van der Waals surface area contributed by atoms with E-state index >= 15 is 0 Å². The Hall–Kier alpha value is -1.33. The topological polar surface area (TPSA) is 75.6 Å². The van der Waals surface area contributed by atoms with Gasteiger partial charge in [-0.1, -0.05) is 0 Å². The third-order valence-electron chi connectivity index (χ3n) is 1.40. The summed E-state index contributed by atoms with van der Waals surface area (Å²) in [6.07, 6.45) is -0.673. The van der Waals surface area contributed by atoms with Crippen LogP contribution in [0.4, 0.5) is 9.18 Å². The van der Waals surface area contributed by atoms with Gasteiger partial charge in [0.1, 0.15) is 6.04 Å². The molecule has 0 fully saturated rings. The molecule has 1 unspecified atom stereocenters. The molecule has 0 saturated carbocycles. The van der Waals surface area contributed by atoms with E-state index < -0.39 is 24.8 Å². The Morgan fingerprint density at radius 1 is 1.62 bits per heavy atom. The number of nitrogens with one attached hydrogen (secondary N) is 1. The van der Waals surface area contributed by atoms with Crippen molar-refractivity contribution >= 4 is 12.1 Å². The van der Waals surface area contributed by atoms with E-state index in [-0.39, 0.29) is 12.8 Å². The van der Waals surface area contributed by atoms with Crippen LogP contribution < -0.4 is 5.32 Å². The minimum Gasteiger partial charge on any atom is -0.480 e. The summed E-state index contributed by atoms with van der Waals surface area (Å²) in [7, 11) is 1.13. The molecular weight excluding hydrogens is 181 g/mol. The predicted octanol–water partition coefficient (Wildman–Crippen LogP) is 0.545. The Kier molecular flexibility index (Phi) is 5.58. The van der Waals surface area contributed by atoms with Gasteiger partial charge in [-0.25, -0.2) is 9.59 Å². The second-order valence-electron chi connectivity index (χ2n) is 2.36. The third-order valence-corrected chi connectivity index (χ3v) is 1.40. The number of amides is 1. The maximum atomic E-state index is 11.7. The van der Waals surface area contributed by atoms with Gasteiger partial charge in [0, 0.05) is 0 Å². The summed E-state index contributed by atoms with van der Waals surface area (Å²) in [5.41, 5.74) is 0. The molecule has 2 N–H and O–H groups in total. The molecule has 13 heavy (non-hydrogen) atoms. The molecule has 0 aromatic carbocycles. The fourth-order valence-corrected chi connectivity index (χ4v) is 0.740. The molecule has 76 valence electrons. The van der Waals surface area contributed by atoms with Gasteiger partial charge in [-0.15, -0.1) is 0 Å². The number of halogens is 1. The summed E-state index contributed by atoms with van der Waals surface area (Å²) < 4.78 is 15.9. The smallest absolute Gasteiger partial charge is 0.407 e. The standard InChI is InChI=1S/C7H12FNO4/c1-13-7(12)9-5(6(10)11)3-2-4-8/h5H,2-4H2,1H3,(H,9,12)(H,10,11). The maximum Gasteiger partial charge on any atom is 0.407 e.